The molecular formula is C19H24F2N4O4S2. The predicted molar refractivity (Wildman–Crippen MR) is 115 cm³/mol. The molecule has 0 bridgehead atoms. The summed E-state index contributed by atoms with van der Waals surface area (Å²) in [7, 11) is 0. The Morgan fingerprint density at radius 1 is 1.48 bits per heavy atom. The van der Waals surface area contributed by atoms with Crippen molar-refractivity contribution in [2.75, 3.05) is 44.3 Å². The SMILES string of the molecule is CCOC(=O)C1=C(CN2CCC(CSCC(=O)O)C(F)(F)C2)NC(c2nccs2)=NC1. The first-order valence-electron chi connectivity index (χ1n) is 9.80. The van der Waals surface area contributed by atoms with Crippen molar-refractivity contribution in [1.82, 2.24) is 15.2 Å². The van der Waals surface area contributed by atoms with Crippen LogP contribution in [0, 0.1) is 5.92 Å². The lowest BCUT2D eigenvalue weighted by Crippen LogP contribution is -2.51. The molecule has 1 atom stereocenters. The van der Waals surface area contributed by atoms with Crippen LogP contribution in [-0.4, -0.2) is 83.0 Å². The summed E-state index contributed by atoms with van der Waals surface area (Å²) >= 11 is 2.40. The highest BCUT2D eigenvalue weighted by Gasteiger charge is 2.44. The molecule has 8 nitrogen and oxygen atoms in total. The number of ether oxygens (including phenoxy) is 1. The smallest absolute Gasteiger partial charge is 0.337 e. The van der Waals surface area contributed by atoms with Gasteiger partial charge >= 0.3 is 11.9 Å². The molecule has 0 saturated carbocycles. The van der Waals surface area contributed by atoms with Crippen LogP contribution in [0.25, 0.3) is 0 Å². The zero-order chi connectivity index (χ0) is 22.4. The number of amidine groups is 1. The van der Waals surface area contributed by atoms with Crippen molar-refractivity contribution in [3.05, 3.63) is 27.9 Å². The Labute approximate surface area is 186 Å². The number of carbonyl (C=O) groups excluding carboxylic acids is 1. The number of thiazole rings is 1. The van der Waals surface area contributed by atoms with Crippen molar-refractivity contribution in [3.63, 3.8) is 0 Å². The van der Waals surface area contributed by atoms with Gasteiger partial charge < -0.3 is 15.2 Å². The summed E-state index contributed by atoms with van der Waals surface area (Å²) in [4.78, 5) is 33.2. The molecule has 0 amide bonds. The Balaban J connectivity index is 1.69. The number of esters is 1. The Bertz CT molecular complexity index is 861. The van der Waals surface area contributed by atoms with Crippen molar-refractivity contribution in [3.8, 4) is 0 Å². The number of rotatable bonds is 9. The van der Waals surface area contributed by atoms with Gasteiger partial charge in [0.2, 0.25) is 0 Å². The number of carbonyl (C=O) groups is 2. The van der Waals surface area contributed by atoms with E-state index in [2.05, 4.69) is 15.3 Å². The number of halogens is 2. The summed E-state index contributed by atoms with van der Waals surface area (Å²) < 4.78 is 34.5. The fourth-order valence-electron chi connectivity index (χ4n) is 3.42. The zero-order valence-corrected chi connectivity index (χ0v) is 18.6. The van der Waals surface area contributed by atoms with Crippen molar-refractivity contribution < 1.29 is 28.2 Å². The van der Waals surface area contributed by atoms with Crippen LogP contribution >= 0.6 is 23.1 Å². The normalized spacial score (nSPS) is 21.4. The summed E-state index contributed by atoms with van der Waals surface area (Å²) in [5.74, 6) is -4.93. The second kappa shape index (κ2) is 10.5. The molecule has 1 saturated heterocycles. The number of aromatic nitrogens is 1. The first-order valence-corrected chi connectivity index (χ1v) is 11.8. The number of carboxylic acids is 1. The summed E-state index contributed by atoms with van der Waals surface area (Å²) in [6, 6.07) is 0. The number of alkyl halides is 2. The van der Waals surface area contributed by atoms with Crippen LogP contribution < -0.4 is 5.32 Å². The Hall–Kier alpha value is -2.05. The van der Waals surface area contributed by atoms with Gasteiger partial charge in [-0.15, -0.1) is 23.1 Å². The highest BCUT2D eigenvalue weighted by molar-refractivity contribution is 7.99. The number of nitrogens with zero attached hydrogens (tertiary/aromatic N) is 3. The van der Waals surface area contributed by atoms with Crippen molar-refractivity contribution in [1.29, 1.82) is 0 Å². The molecule has 0 aromatic carbocycles. The number of hydrogen-bond donors (Lipinski definition) is 2. The molecular weight excluding hydrogens is 450 g/mol. The first kappa shape index (κ1) is 23.6. The molecule has 12 heteroatoms. The lowest BCUT2D eigenvalue weighted by Gasteiger charge is -2.39. The minimum atomic E-state index is -2.95. The van der Waals surface area contributed by atoms with Gasteiger partial charge in [0, 0.05) is 35.5 Å². The van der Waals surface area contributed by atoms with E-state index in [4.69, 9.17) is 9.84 Å². The minimum absolute atomic E-state index is 0.0920. The third kappa shape index (κ3) is 6.23. The standard InChI is InChI=1S/C19H24F2N4O4S2/c1-2-29-18(28)13-7-23-16(17-22-4-6-31-17)24-14(13)8-25-5-3-12(19(20,21)11-25)9-30-10-15(26)27/h4,6,12H,2-3,5,7-11H2,1H3,(H,23,24)(H,26,27). The Morgan fingerprint density at radius 3 is 2.94 bits per heavy atom. The van der Waals surface area contributed by atoms with Crippen molar-refractivity contribution >= 4 is 40.9 Å². The molecule has 1 aromatic heterocycles. The molecule has 2 aliphatic heterocycles. The number of carboxylic acid groups (broad SMARTS) is 1. The third-order valence-electron chi connectivity index (χ3n) is 4.94. The number of piperidine rings is 1. The summed E-state index contributed by atoms with van der Waals surface area (Å²) in [5.41, 5.74) is 0.817. The van der Waals surface area contributed by atoms with E-state index in [1.54, 1.807) is 23.4 Å². The highest BCUT2D eigenvalue weighted by atomic mass is 32.2. The van der Waals surface area contributed by atoms with Gasteiger partial charge in [0.1, 0.15) is 0 Å². The second-order valence-corrected chi connectivity index (χ2v) is 9.10. The monoisotopic (exact) mass is 474 g/mol. The van der Waals surface area contributed by atoms with Crippen LogP contribution in [0.5, 0.6) is 0 Å². The number of hydrogen-bond acceptors (Lipinski definition) is 9. The van der Waals surface area contributed by atoms with Gasteiger partial charge in [0.15, 0.2) is 10.8 Å². The topological polar surface area (TPSA) is 104 Å². The van der Waals surface area contributed by atoms with E-state index >= 15 is 0 Å². The Morgan fingerprint density at radius 2 is 2.29 bits per heavy atom. The summed E-state index contributed by atoms with van der Waals surface area (Å²) in [6.07, 6.45) is 1.89. The van der Waals surface area contributed by atoms with Gasteiger partial charge in [-0.2, -0.15) is 0 Å². The highest BCUT2D eigenvalue weighted by Crippen LogP contribution is 2.35. The molecule has 1 aromatic rings. The Kier molecular flexibility index (Phi) is 8.00. The molecule has 31 heavy (non-hydrogen) atoms. The maximum atomic E-state index is 14.7. The molecule has 2 N–H and O–H groups in total. The van der Waals surface area contributed by atoms with E-state index < -0.39 is 30.3 Å². The van der Waals surface area contributed by atoms with Gasteiger partial charge in [-0.1, -0.05) is 0 Å². The third-order valence-corrected chi connectivity index (χ3v) is 6.81. The van der Waals surface area contributed by atoms with Crippen molar-refractivity contribution in [2.24, 2.45) is 10.9 Å². The zero-order valence-electron chi connectivity index (χ0n) is 17.0. The van der Waals surface area contributed by atoms with Crippen LogP contribution in [-0.2, 0) is 14.3 Å². The van der Waals surface area contributed by atoms with Crippen LogP contribution in [0.2, 0.25) is 0 Å². The maximum Gasteiger partial charge on any atom is 0.337 e. The van der Waals surface area contributed by atoms with Gasteiger partial charge in [-0.25, -0.2) is 18.6 Å². The van der Waals surface area contributed by atoms with Gasteiger partial charge in [-0.3, -0.25) is 14.7 Å². The molecule has 1 fully saturated rings. The molecule has 0 aliphatic carbocycles. The van der Waals surface area contributed by atoms with Crippen LogP contribution in [0.15, 0.2) is 27.8 Å². The van der Waals surface area contributed by atoms with Gasteiger partial charge in [-0.05, 0) is 19.9 Å². The molecule has 0 radical (unpaired) electrons. The molecule has 3 heterocycles. The fourth-order valence-corrected chi connectivity index (χ4v) is 5.01. The largest absolute Gasteiger partial charge is 0.481 e. The van der Waals surface area contributed by atoms with E-state index in [9.17, 15) is 18.4 Å². The van der Waals surface area contributed by atoms with Crippen LogP contribution in [0.3, 0.4) is 0 Å². The number of likely N-dealkylation sites (tertiary alicyclic amines) is 1. The fraction of sp³-hybridized carbons (Fsp3) is 0.579. The molecule has 1 unspecified atom stereocenters. The van der Waals surface area contributed by atoms with Crippen LogP contribution in [0.4, 0.5) is 8.78 Å². The van der Waals surface area contributed by atoms with E-state index in [0.29, 0.717) is 28.7 Å². The average molecular weight is 475 g/mol. The number of nitrogens with one attached hydrogen (secondary N) is 1. The predicted octanol–water partition coefficient (Wildman–Crippen LogP) is 2.09. The average Bonchev–Trinajstić information content (AvgIpc) is 3.24. The van der Waals surface area contributed by atoms with Gasteiger partial charge in [0.25, 0.3) is 5.92 Å². The number of aliphatic carboxylic acids is 1. The molecule has 0 spiro atoms. The van der Waals surface area contributed by atoms with Crippen LogP contribution in [0.1, 0.15) is 18.4 Å². The van der Waals surface area contributed by atoms with E-state index in [0.717, 1.165) is 11.8 Å². The molecule has 170 valence electrons. The number of thioether (sulfide) groups is 1. The lowest BCUT2D eigenvalue weighted by molar-refractivity contribution is -0.138. The molecule has 3 rings (SSSR count). The summed E-state index contributed by atoms with van der Waals surface area (Å²) in [6.45, 7) is 2.08. The van der Waals surface area contributed by atoms with E-state index in [-0.39, 0.29) is 37.6 Å². The molecule has 2 aliphatic rings. The van der Waals surface area contributed by atoms with Crippen molar-refractivity contribution in [2.45, 2.75) is 19.3 Å². The van der Waals surface area contributed by atoms with E-state index in [1.165, 1.54) is 11.3 Å². The van der Waals surface area contributed by atoms with E-state index in [1.807, 2.05) is 0 Å². The maximum absolute atomic E-state index is 14.7. The second-order valence-electron chi connectivity index (χ2n) is 7.17. The minimum Gasteiger partial charge on any atom is -0.481 e. The lowest BCUT2D eigenvalue weighted by atomic mass is 9.94. The quantitative estimate of drug-likeness (QED) is 0.525. The summed E-state index contributed by atoms with van der Waals surface area (Å²) in [5, 5.41) is 14.3. The van der Waals surface area contributed by atoms with Gasteiger partial charge in [0.05, 0.1) is 31.0 Å². The number of aliphatic imine (C=N–C) groups is 1. The first-order chi connectivity index (χ1) is 14.8.